The number of pyridine rings is 1. The van der Waals surface area contributed by atoms with Gasteiger partial charge in [-0.25, -0.2) is 0 Å². The maximum absolute atomic E-state index is 12.9. The third-order valence-corrected chi connectivity index (χ3v) is 5.02. The molecule has 1 aromatic heterocycles. The first kappa shape index (κ1) is 17.8. The first-order valence-corrected chi connectivity index (χ1v) is 9.51. The summed E-state index contributed by atoms with van der Waals surface area (Å²) in [6, 6.07) is 13.6. The van der Waals surface area contributed by atoms with Crippen LogP contribution in [-0.2, 0) is 11.3 Å². The lowest BCUT2D eigenvalue weighted by atomic mass is 10.2. The molecule has 142 valence electrons. The number of benzene rings is 1. The Morgan fingerprint density at radius 2 is 1.93 bits per heavy atom. The van der Waals surface area contributed by atoms with E-state index >= 15 is 0 Å². The van der Waals surface area contributed by atoms with E-state index in [1.807, 2.05) is 48.2 Å². The molecule has 0 saturated carbocycles. The maximum Gasteiger partial charge on any atom is 0.267 e. The largest absolute Gasteiger partial charge is 0.485 e. The molecule has 0 aliphatic carbocycles. The fraction of sp³-hybridized carbons (Fsp3) is 0.429. The number of amides is 1. The maximum atomic E-state index is 12.9. The van der Waals surface area contributed by atoms with Crippen molar-refractivity contribution in [3.8, 4) is 11.5 Å². The summed E-state index contributed by atoms with van der Waals surface area (Å²) in [4.78, 5) is 21.8. The van der Waals surface area contributed by atoms with Gasteiger partial charge in [-0.05, 0) is 37.6 Å². The van der Waals surface area contributed by atoms with E-state index in [9.17, 15) is 4.79 Å². The highest BCUT2D eigenvalue weighted by molar-refractivity contribution is 5.82. The second-order valence-electron chi connectivity index (χ2n) is 7.09. The lowest BCUT2D eigenvalue weighted by Crippen LogP contribution is -2.47. The van der Waals surface area contributed by atoms with Crippen LogP contribution in [0.25, 0.3) is 0 Å². The molecule has 0 N–H and O–H groups in total. The molecule has 6 heteroatoms. The van der Waals surface area contributed by atoms with E-state index in [1.165, 1.54) is 0 Å². The van der Waals surface area contributed by atoms with E-state index in [2.05, 4.69) is 16.0 Å². The Morgan fingerprint density at radius 3 is 2.78 bits per heavy atom. The minimum Gasteiger partial charge on any atom is -0.485 e. The molecule has 1 unspecified atom stereocenters. The second kappa shape index (κ2) is 7.96. The van der Waals surface area contributed by atoms with E-state index in [-0.39, 0.29) is 12.5 Å². The van der Waals surface area contributed by atoms with Crippen molar-refractivity contribution in [1.82, 2.24) is 14.8 Å². The highest BCUT2D eigenvalue weighted by Gasteiger charge is 2.31. The van der Waals surface area contributed by atoms with Gasteiger partial charge in [0.2, 0.25) is 6.10 Å². The zero-order valence-electron chi connectivity index (χ0n) is 15.6. The monoisotopic (exact) mass is 367 g/mol. The molecule has 4 rings (SSSR count). The van der Waals surface area contributed by atoms with Crippen LogP contribution >= 0.6 is 0 Å². The van der Waals surface area contributed by atoms with Gasteiger partial charge in [-0.15, -0.1) is 0 Å². The van der Waals surface area contributed by atoms with Gasteiger partial charge in [-0.3, -0.25) is 14.7 Å². The molecule has 1 amide bonds. The Morgan fingerprint density at radius 1 is 1.07 bits per heavy atom. The van der Waals surface area contributed by atoms with Crippen molar-refractivity contribution < 1.29 is 14.3 Å². The number of aryl methyl sites for hydroxylation is 1. The molecule has 0 radical (unpaired) electrons. The minimum atomic E-state index is -0.565. The van der Waals surface area contributed by atoms with Gasteiger partial charge in [0.15, 0.2) is 11.5 Å². The SMILES string of the molecule is Cc1cccc(CN2CCCN(C(=O)C3COc4ccccc4O3)CC2)n1. The Balaban J connectivity index is 1.35. The Hall–Kier alpha value is -2.60. The lowest BCUT2D eigenvalue weighted by Gasteiger charge is -2.30. The molecule has 1 fully saturated rings. The van der Waals surface area contributed by atoms with Crippen LogP contribution in [0.4, 0.5) is 0 Å². The highest BCUT2D eigenvalue weighted by atomic mass is 16.6. The van der Waals surface area contributed by atoms with E-state index in [1.54, 1.807) is 0 Å². The summed E-state index contributed by atoms with van der Waals surface area (Å²) in [6.45, 7) is 6.35. The van der Waals surface area contributed by atoms with Crippen LogP contribution in [0.1, 0.15) is 17.8 Å². The van der Waals surface area contributed by atoms with Crippen LogP contribution in [0.15, 0.2) is 42.5 Å². The number of rotatable bonds is 3. The predicted octanol–water partition coefficient (Wildman–Crippen LogP) is 2.26. The minimum absolute atomic E-state index is 0.0139. The smallest absolute Gasteiger partial charge is 0.267 e. The van der Waals surface area contributed by atoms with Gasteiger partial charge >= 0.3 is 0 Å². The Bertz CT molecular complexity index is 811. The quantitative estimate of drug-likeness (QED) is 0.833. The van der Waals surface area contributed by atoms with Crippen molar-refractivity contribution in [3.63, 3.8) is 0 Å². The Kier molecular flexibility index (Phi) is 5.25. The molecule has 1 saturated heterocycles. The van der Waals surface area contributed by atoms with Crippen LogP contribution in [-0.4, -0.2) is 59.6 Å². The summed E-state index contributed by atoms with van der Waals surface area (Å²) in [5.74, 6) is 1.36. The van der Waals surface area contributed by atoms with Crippen molar-refractivity contribution in [3.05, 3.63) is 53.9 Å². The predicted molar refractivity (Wildman–Crippen MR) is 102 cm³/mol. The van der Waals surface area contributed by atoms with Crippen molar-refractivity contribution in [1.29, 1.82) is 0 Å². The molecule has 1 aromatic carbocycles. The molecule has 0 bridgehead atoms. The van der Waals surface area contributed by atoms with Gasteiger partial charge < -0.3 is 14.4 Å². The van der Waals surface area contributed by atoms with Gasteiger partial charge in [-0.1, -0.05) is 18.2 Å². The first-order valence-electron chi connectivity index (χ1n) is 9.51. The number of hydrogen-bond acceptors (Lipinski definition) is 5. The third kappa shape index (κ3) is 4.22. The van der Waals surface area contributed by atoms with Crippen molar-refractivity contribution in [2.75, 3.05) is 32.8 Å². The number of carbonyl (C=O) groups excluding carboxylic acids is 1. The lowest BCUT2D eigenvalue weighted by molar-refractivity contribution is -0.141. The molecule has 3 heterocycles. The molecule has 0 spiro atoms. The molecular weight excluding hydrogens is 342 g/mol. The van der Waals surface area contributed by atoms with Crippen LogP contribution in [0.3, 0.4) is 0 Å². The van der Waals surface area contributed by atoms with Crippen LogP contribution < -0.4 is 9.47 Å². The molecule has 2 aliphatic rings. The van der Waals surface area contributed by atoms with Gasteiger partial charge in [0, 0.05) is 38.4 Å². The summed E-state index contributed by atoms with van der Waals surface area (Å²) in [5.41, 5.74) is 2.12. The second-order valence-corrected chi connectivity index (χ2v) is 7.09. The molecule has 2 aliphatic heterocycles. The first-order chi connectivity index (χ1) is 13.2. The van der Waals surface area contributed by atoms with Crippen LogP contribution in [0.5, 0.6) is 11.5 Å². The van der Waals surface area contributed by atoms with Crippen LogP contribution in [0.2, 0.25) is 0 Å². The molecule has 1 atom stereocenters. The van der Waals surface area contributed by atoms with E-state index in [4.69, 9.17) is 9.47 Å². The van der Waals surface area contributed by atoms with Crippen molar-refractivity contribution in [2.45, 2.75) is 26.0 Å². The van der Waals surface area contributed by atoms with Gasteiger partial charge in [0.25, 0.3) is 5.91 Å². The average molecular weight is 367 g/mol. The number of ether oxygens (including phenoxy) is 2. The summed E-state index contributed by atoms with van der Waals surface area (Å²) >= 11 is 0. The average Bonchev–Trinajstić information content (AvgIpc) is 2.93. The normalized spacial score (nSPS) is 20.2. The van der Waals surface area contributed by atoms with Crippen molar-refractivity contribution >= 4 is 5.91 Å². The topological polar surface area (TPSA) is 54.9 Å². The summed E-state index contributed by atoms with van der Waals surface area (Å²) < 4.78 is 11.6. The zero-order chi connectivity index (χ0) is 18.6. The van der Waals surface area contributed by atoms with E-state index in [0.29, 0.717) is 18.0 Å². The number of para-hydroxylation sites is 2. The summed E-state index contributed by atoms with van der Waals surface area (Å²) in [7, 11) is 0. The Labute approximate surface area is 159 Å². The van der Waals surface area contributed by atoms with E-state index in [0.717, 1.165) is 44.0 Å². The number of aromatic nitrogens is 1. The fourth-order valence-corrected chi connectivity index (χ4v) is 3.61. The molecular formula is C21H25N3O3. The van der Waals surface area contributed by atoms with Gasteiger partial charge in [-0.2, -0.15) is 0 Å². The molecule has 6 nitrogen and oxygen atoms in total. The number of carbonyl (C=O) groups is 1. The van der Waals surface area contributed by atoms with E-state index < -0.39 is 6.10 Å². The summed E-state index contributed by atoms with van der Waals surface area (Å²) in [5, 5.41) is 0. The summed E-state index contributed by atoms with van der Waals surface area (Å²) in [6.07, 6.45) is 0.381. The number of fused-ring (bicyclic) bond motifs is 1. The van der Waals surface area contributed by atoms with Gasteiger partial charge in [0.05, 0.1) is 5.69 Å². The van der Waals surface area contributed by atoms with Crippen molar-refractivity contribution in [2.24, 2.45) is 0 Å². The highest BCUT2D eigenvalue weighted by Crippen LogP contribution is 2.31. The zero-order valence-corrected chi connectivity index (χ0v) is 15.6. The standard InChI is InChI=1S/C21H25N3O3/c1-16-6-4-7-17(22-16)14-23-10-5-11-24(13-12-23)21(25)20-15-26-18-8-2-3-9-19(18)27-20/h2-4,6-9,20H,5,10-15H2,1H3. The molecule has 2 aromatic rings. The number of nitrogens with zero attached hydrogens (tertiary/aromatic N) is 3. The molecule has 27 heavy (non-hydrogen) atoms. The van der Waals surface area contributed by atoms with Gasteiger partial charge in [0.1, 0.15) is 6.61 Å². The fourth-order valence-electron chi connectivity index (χ4n) is 3.61. The third-order valence-electron chi connectivity index (χ3n) is 5.02. The van der Waals surface area contributed by atoms with Crippen LogP contribution in [0, 0.1) is 6.92 Å². The number of hydrogen-bond donors (Lipinski definition) is 0.